The molecule has 7 heteroatoms. The molecule has 1 aromatic heterocycles. The number of rotatable bonds is 5. The molecule has 0 radical (unpaired) electrons. The number of nitrogens with one attached hydrogen (secondary N) is 2. The van der Waals surface area contributed by atoms with Crippen LogP contribution in [-0.2, 0) is 17.8 Å². The fourth-order valence-corrected chi connectivity index (χ4v) is 5.18. The fourth-order valence-electron chi connectivity index (χ4n) is 5.18. The van der Waals surface area contributed by atoms with Gasteiger partial charge in [-0.05, 0) is 72.0 Å². The highest BCUT2D eigenvalue weighted by atomic mass is 16.5. The number of likely N-dealkylation sites (N-methyl/N-ethyl adjacent to an activating group) is 1. The number of aromatic nitrogens is 2. The van der Waals surface area contributed by atoms with E-state index in [1.807, 2.05) is 18.3 Å². The van der Waals surface area contributed by atoms with Gasteiger partial charge in [-0.15, -0.1) is 0 Å². The van der Waals surface area contributed by atoms with Gasteiger partial charge >= 0.3 is 0 Å². The zero-order chi connectivity index (χ0) is 24.6. The van der Waals surface area contributed by atoms with Crippen molar-refractivity contribution in [2.75, 3.05) is 26.0 Å². The van der Waals surface area contributed by atoms with Crippen LogP contribution in [0.25, 0.3) is 22.0 Å². The largest absolute Gasteiger partial charge is 0.495 e. The molecule has 4 aromatic rings. The van der Waals surface area contributed by atoms with E-state index < -0.39 is 0 Å². The van der Waals surface area contributed by atoms with Crippen LogP contribution < -0.4 is 15.4 Å². The molecule has 6 rings (SSSR count). The predicted molar refractivity (Wildman–Crippen MR) is 141 cm³/mol. The maximum absolute atomic E-state index is 11.7. The van der Waals surface area contributed by atoms with Crippen LogP contribution in [0.2, 0.25) is 0 Å². The first-order valence-corrected chi connectivity index (χ1v) is 12.4. The molecule has 0 saturated carbocycles. The van der Waals surface area contributed by atoms with E-state index in [2.05, 4.69) is 70.0 Å². The number of nitrogens with zero attached hydrogens (tertiary/aromatic N) is 3. The van der Waals surface area contributed by atoms with E-state index in [9.17, 15) is 4.79 Å². The van der Waals surface area contributed by atoms with Gasteiger partial charge in [-0.25, -0.2) is 9.97 Å². The Morgan fingerprint density at radius 2 is 1.94 bits per heavy atom. The summed E-state index contributed by atoms with van der Waals surface area (Å²) in [5, 5.41) is 7.42. The Labute approximate surface area is 210 Å². The van der Waals surface area contributed by atoms with E-state index in [1.165, 1.54) is 11.1 Å². The van der Waals surface area contributed by atoms with Crippen molar-refractivity contribution in [2.45, 2.75) is 31.8 Å². The average Bonchev–Trinajstić information content (AvgIpc) is 3.34. The molecule has 2 N–H and O–H groups in total. The number of hydrogen-bond acceptors (Lipinski definition) is 6. The molecule has 1 unspecified atom stereocenters. The first-order chi connectivity index (χ1) is 17.6. The summed E-state index contributed by atoms with van der Waals surface area (Å²) in [7, 11) is 3.84. The normalized spacial score (nSPS) is 17.6. The monoisotopic (exact) mass is 479 g/mol. The zero-order valence-corrected chi connectivity index (χ0v) is 20.5. The summed E-state index contributed by atoms with van der Waals surface area (Å²) in [6.45, 7) is 1.97. The first-order valence-electron chi connectivity index (χ1n) is 12.4. The van der Waals surface area contributed by atoms with Crippen LogP contribution in [-0.4, -0.2) is 41.5 Å². The number of amides is 1. The van der Waals surface area contributed by atoms with E-state index in [0.29, 0.717) is 12.4 Å². The summed E-state index contributed by atoms with van der Waals surface area (Å²) in [4.78, 5) is 23.4. The fraction of sp³-hybridized carbons (Fsp3) is 0.276. The van der Waals surface area contributed by atoms with E-state index >= 15 is 0 Å². The molecule has 1 saturated heterocycles. The van der Waals surface area contributed by atoms with Crippen LogP contribution >= 0.6 is 0 Å². The van der Waals surface area contributed by atoms with Crippen molar-refractivity contribution >= 4 is 28.4 Å². The standard InChI is InChI=1S/C29H29N5O2/c1-34-11-10-20-15-27(36-2)26(14-23(20)17-34)33-29-30-16-22-7-6-19(13-25(22)32-29)18-4-3-5-21(12-18)24-8-9-28(35)31-24/h3-7,12-16,24H,8-11,17H2,1-2H3,(H,31,35)(H,30,32,33). The van der Waals surface area contributed by atoms with Crippen molar-refractivity contribution in [1.29, 1.82) is 0 Å². The maximum Gasteiger partial charge on any atom is 0.227 e. The minimum absolute atomic E-state index is 0.0856. The Balaban J connectivity index is 1.31. The molecule has 36 heavy (non-hydrogen) atoms. The Morgan fingerprint density at radius 1 is 1.06 bits per heavy atom. The number of benzene rings is 3. The molecule has 2 aliphatic rings. The Kier molecular flexibility index (Phi) is 5.77. The van der Waals surface area contributed by atoms with E-state index in [-0.39, 0.29) is 11.9 Å². The number of methoxy groups -OCH3 is 1. The van der Waals surface area contributed by atoms with E-state index in [1.54, 1.807) is 7.11 Å². The average molecular weight is 480 g/mol. The molecular formula is C29H29N5O2. The number of fused-ring (bicyclic) bond motifs is 2. The minimum atomic E-state index is 0.0856. The van der Waals surface area contributed by atoms with Crippen molar-refractivity contribution in [3.8, 4) is 16.9 Å². The van der Waals surface area contributed by atoms with Gasteiger partial charge in [0, 0.05) is 31.1 Å². The lowest BCUT2D eigenvalue weighted by molar-refractivity contribution is -0.119. The summed E-state index contributed by atoms with van der Waals surface area (Å²) >= 11 is 0. The molecule has 0 spiro atoms. The summed E-state index contributed by atoms with van der Waals surface area (Å²) in [6, 6.07) is 19.0. The smallest absolute Gasteiger partial charge is 0.227 e. The SMILES string of the molecule is COc1cc2c(cc1Nc1ncc3ccc(-c4cccc(C5CCC(=O)N5)c4)cc3n1)CN(C)CC2. The van der Waals surface area contributed by atoms with Crippen molar-refractivity contribution in [2.24, 2.45) is 0 Å². The number of ether oxygens (including phenoxy) is 1. The molecule has 1 amide bonds. The van der Waals surface area contributed by atoms with Gasteiger partial charge < -0.3 is 20.3 Å². The number of anilines is 2. The molecule has 7 nitrogen and oxygen atoms in total. The lowest BCUT2D eigenvalue weighted by Gasteiger charge is -2.26. The van der Waals surface area contributed by atoms with Gasteiger partial charge in [0.15, 0.2) is 0 Å². The highest BCUT2D eigenvalue weighted by Crippen LogP contribution is 2.34. The Hall–Kier alpha value is -3.97. The second-order valence-electron chi connectivity index (χ2n) is 9.69. The molecule has 3 heterocycles. The van der Waals surface area contributed by atoms with Crippen LogP contribution in [0.1, 0.15) is 35.6 Å². The first kappa shape index (κ1) is 22.5. The molecular weight excluding hydrogens is 450 g/mol. The molecule has 1 fully saturated rings. The molecule has 182 valence electrons. The van der Waals surface area contributed by atoms with Crippen LogP contribution in [0.3, 0.4) is 0 Å². The van der Waals surface area contributed by atoms with E-state index in [0.717, 1.165) is 65.0 Å². The summed E-state index contributed by atoms with van der Waals surface area (Å²) in [6.07, 6.45) is 4.29. The second kappa shape index (κ2) is 9.24. The number of hydrogen-bond donors (Lipinski definition) is 2. The van der Waals surface area contributed by atoms with Gasteiger partial charge in [-0.2, -0.15) is 0 Å². The number of carbonyl (C=O) groups excluding carboxylic acids is 1. The molecule has 3 aromatic carbocycles. The van der Waals surface area contributed by atoms with Crippen molar-refractivity contribution in [3.05, 3.63) is 77.5 Å². The van der Waals surface area contributed by atoms with Gasteiger partial charge in [-0.1, -0.05) is 30.3 Å². The predicted octanol–water partition coefficient (Wildman–Crippen LogP) is 4.99. The zero-order valence-electron chi connectivity index (χ0n) is 20.5. The lowest BCUT2D eigenvalue weighted by Crippen LogP contribution is -2.26. The lowest BCUT2D eigenvalue weighted by atomic mass is 9.98. The summed E-state index contributed by atoms with van der Waals surface area (Å²) < 4.78 is 5.68. The third-order valence-corrected chi connectivity index (χ3v) is 7.17. The number of carbonyl (C=O) groups is 1. The highest BCUT2D eigenvalue weighted by molar-refractivity contribution is 5.85. The summed E-state index contributed by atoms with van der Waals surface area (Å²) in [5.41, 5.74) is 7.67. The Morgan fingerprint density at radius 3 is 2.78 bits per heavy atom. The van der Waals surface area contributed by atoms with Crippen LogP contribution in [0.5, 0.6) is 5.75 Å². The summed E-state index contributed by atoms with van der Waals surface area (Å²) in [5.74, 6) is 1.45. The third-order valence-electron chi connectivity index (χ3n) is 7.17. The Bertz CT molecular complexity index is 1470. The maximum atomic E-state index is 11.7. The molecule has 0 bridgehead atoms. The van der Waals surface area contributed by atoms with Crippen LogP contribution in [0, 0.1) is 0 Å². The van der Waals surface area contributed by atoms with Gasteiger partial charge in [0.2, 0.25) is 11.9 Å². The van der Waals surface area contributed by atoms with Crippen LogP contribution in [0.15, 0.2) is 60.8 Å². The highest BCUT2D eigenvalue weighted by Gasteiger charge is 2.22. The quantitative estimate of drug-likeness (QED) is 0.420. The second-order valence-corrected chi connectivity index (χ2v) is 9.69. The van der Waals surface area contributed by atoms with Gasteiger partial charge in [0.25, 0.3) is 0 Å². The van der Waals surface area contributed by atoms with Gasteiger partial charge in [0.1, 0.15) is 5.75 Å². The topological polar surface area (TPSA) is 79.4 Å². The van der Waals surface area contributed by atoms with E-state index in [4.69, 9.17) is 9.72 Å². The van der Waals surface area contributed by atoms with Crippen LogP contribution in [0.4, 0.5) is 11.6 Å². The minimum Gasteiger partial charge on any atom is -0.495 e. The molecule has 1 atom stereocenters. The van der Waals surface area contributed by atoms with Gasteiger partial charge in [-0.3, -0.25) is 4.79 Å². The molecule has 0 aliphatic carbocycles. The van der Waals surface area contributed by atoms with Crippen molar-refractivity contribution in [1.82, 2.24) is 20.2 Å². The third kappa shape index (κ3) is 4.38. The van der Waals surface area contributed by atoms with Gasteiger partial charge in [0.05, 0.1) is 24.4 Å². The van der Waals surface area contributed by atoms with Crippen molar-refractivity contribution < 1.29 is 9.53 Å². The van der Waals surface area contributed by atoms with Crippen molar-refractivity contribution in [3.63, 3.8) is 0 Å². The molecule has 2 aliphatic heterocycles.